The molecule has 0 aromatic carbocycles. The highest BCUT2D eigenvalue weighted by atomic mass is 16.7. The predicted molar refractivity (Wildman–Crippen MR) is 152 cm³/mol. The van der Waals surface area contributed by atoms with Gasteiger partial charge in [-0.15, -0.1) is 0 Å². The summed E-state index contributed by atoms with van der Waals surface area (Å²) in [6, 6.07) is -3.16. The van der Waals surface area contributed by atoms with E-state index in [1.54, 1.807) is 7.05 Å². The lowest BCUT2D eigenvalue weighted by atomic mass is 9.70. The summed E-state index contributed by atoms with van der Waals surface area (Å²) in [7, 11) is 1.57. The minimum Gasteiger partial charge on any atom is -0.395 e. The van der Waals surface area contributed by atoms with Crippen molar-refractivity contribution in [1.82, 2.24) is 16.0 Å². The number of aliphatic hydroxyl groups excluding tert-OH is 4. The van der Waals surface area contributed by atoms with Gasteiger partial charge in [0.2, 0.25) is 0 Å². The zero-order valence-electron chi connectivity index (χ0n) is 24.6. The van der Waals surface area contributed by atoms with Crippen LogP contribution in [0.15, 0.2) is 0 Å². The molecule has 42 heavy (non-hydrogen) atoms. The van der Waals surface area contributed by atoms with Gasteiger partial charge in [0.15, 0.2) is 6.29 Å². The molecule has 3 aliphatic rings. The normalized spacial score (nSPS) is 43.6. The first-order valence-electron chi connectivity index (χ1n) is 14.8. The Morgan fingerprint density at radius 2 is 1.93 bits per heavy atom. The first-order chi connectivity index (χ1) is 19.8. The third-order valence-corrected chi connectivity index (χ3v) is 8.77. The van der Waals surface area contributed by atoms with E-state index in [1.807, 2.05) is 0 Å². The molecule has 16 nitrogen and oxygen atoms in total. The number of rotatable bonds is 13. The van der Waals surface area contributed by atoms with E-state index in [4.69, 9.17) is 41.9 Å². The molecule has 6 unspecified atom stereocenters. The van der Waals surface area contributed by atoms with Crippen LogP contribution in [0.5, 0.6) is 0 Å². The number of aliphatic hydroxyl groups is 6. The molecule has 3 rings (SSSR count). The fourth-order valence-electron chi connectivity index (χ4n) is 6.23. The van der Waals surface area contributed by atoms with Crippen LogP contribution in [0.25, 0.3) is 0 Å². The van der Waals surface area contributed by atoms with Crippen molar-refractivity contribution in [2.24, 2.45) is 17.2 Å². The van der Waals surface area contributed by atoms with Gasteiger partial charge in [0.25, 0.3) is 0 Å². The van der Waals surface area contributed by atoms with Gasteiger partial charge in [-0.2, -0.15) is 0 Å². The van der Waals surface area contributed by atoms with Crippen LogP contribution in [0, 0.1) is 5.41 Å². The fourth-order valence-corrected chi connectivity index (χ4v) is 6.23. The van der Waals surface area contributed by atoms with Crippen molar-refractivity contribution in [3.63, 3.8) is 0 Å². The van der Waals surface area contributed by atoms with E-state index >= 15 is 0 Å². The molecule has 0 aromatic rings. The molecule has 246 valence electrons. The first-order valence-corrected chi connectivity index (χ1v) is 14.8. The summed E-state index contributed by atoms with van der Waals surface area (Å²) in [5, 5.41) is 81.7. The third kappa shape index (κ3) is 8.13. The summed E-state index contributed by atoms with van der Waals surface area (Å²) in [6.07, 6.45) is -6.37. The maximum absolute atomic E-state index is 11.9. The summed E-state index contributed by atoms with van der Waals surface area (Å²) in [4.78, 5) is 0. The molecule has 0 bridgehead atoms. The van der Waals surface area contributed by atoms with Gasteiger partial charge in [0.05, 0.1) is 37.5 Å². The van der Waals surface area contributed by atoms with Gasteiger partial charge in [-0.05, 0) is 46.2 Å². The van der Waals surface area contributed by atoms with Gasteiger partial charge in [0, 0.05) is 31.6 Å². The molecule has 3 fully saturated rings. The Morgan fingerprint density at radius 3 is 2.57 bits per heavy atom. The van der Waals surface area contributed by atoms with E-state index in [1.165, 1.54) is 6.92 Å². The van der Waals surface area contributed by atoms with Gasteiger partial charge < -0.3 is 78.0 Å². The van der Waals surface area contributed by atoms with E-state index in [0.717, 1.165) is 0 Å². The van der Waals surface area contributed by atoms with E-state index in [0.29, 0.717) is 25.9 Å². The highest BCUT2D eigenvalue weighted by Crippen LogP contribution is 2.38. The summed E-state index contributed by atoms with van der Waals surface area (Å²) in [5.74, 6) is -0.263. The molecular weight excluding hydrogens is 554 g/mol. The van der Waals surface area contributed by atoms with Crippen LogP contribution in [0.1, 0.15) is 39.0 Å². The maximum Gasteiger partial charge on any atom is 0.185 e. The number of likely N-dealkylation sites (N-methyl/N-ethyl adjacent to an activating group) is 1. The van der Waals surface area contributed by atoms with Crippen molar-refractivity contribution in [3.8, 4) is 0 Å². The number of nitrogens with two attached hydrogens (primary N) is 3. The topological polar surface area (TPSA) is 287 Å². The highest BCUT2D eigenvalue weighted by Gasteiger charge is 2.57. The standard InChI is InChI=1S/C26H53N7O9/c1-25(38)12-40-24(19(36)21(25)31-2)42-20-15(33-23(30)16(35)5-6-27)9-18(29)26(39,22(20)37)10-17-14(28)4-3-13(41-17)11-32-7-8-34/h13-22,24,31-32,34-39H,3-12,27-29H2,1-2H3,(H2,30,33)/t13-,14?,15+,16?,17+,18-,19+,20?,21-,22?,24+,25?,26?/m0/s1. The Labute approximate surface area is 246 Å². The Kier molecular flexibility index (Phi) is 12.9. The Bertz CT molecular complexity index is 861. The fraction of sp³-hybridized carbons (Fsp3) is 0.962. The van der Waals surface area contributed by atoms with Gasteiger partial charge in [-0.1, -0.05) is 0 Å². The van der Waals surface area contributed by atoms with Crippen molar-refractivity contribution in [2.75, 3.05) is 39.9 Å². The molecule has 16 heteroatoms. The van der Waals surface area contributed by atoms with Crippen LogP contribution in [0.4, 0.5) is 0 Å². The molecule has 13 atom stereocenters. The van der Waals surface area contributed by atoms with Crippen molar-refractivity contribution in [3.05, 3.63) is 0 Å². The van der Waals surface area contributed by atoms with Gasteiger partial charge >= 0.3 is 0 Å². The number of hydrogen-bond acceptors (Lipinski definition) is 15. The average molecular weight is 608 g/mol. The van der Waals surface area contributed by atoms with Crippen LogP contribution in [0.3, 0.4) is 0 Å². The van der Waals surface area contributed by atoms with Crippen LogP contribution in [-0.4, -0.2) is 155 Å². The van der Waals surface area contributed by atoms with E-state index in [2.05, 4.69) is 16.0 Å². The third-order valence-electron chi connectivity index (χ3n) is 8.77. The van der Waals surface area contributed by atoms with Crippen molar-refractivity contribution >= 4 is 5.84 Å². The summed E-state index contributed by atoms with van der Waals surface area (Å²) in [6.45, 7) is 2.33. The molecular formula is C26H53N7O9. The molecule has 1 aliphatic carbocycles. The summed E-state index contributed by atoms with van der Waals surface area (Å²) >= 11 is 0. The second-order valence-electron chi connectivity index (χ2n) is 12.1. The second-order valence-corrected chi connectivity index (χ2v) is 12.1. The molecule has 2 saturated heterocycles. The molecule has 2 heterocycles. The SMILES string of the molecule is CN[C@H]1[C@@H](O)[C@@H](OC2C(O)C(O)(C[C@H]3O[C@H](CNCCO)CCC3N)[C@@H](N)C[C@H]2NC(=N)C(O)CCN)OCC1(C)O. The van der Waals surface area contributed by atoms with Crippen molar-refractivity contribution < 1.29 is 44.8 Å². The maximum atomic E-state index is 11.9. The molecule has 0 amide bonds. The van der Waals surface area contributed by atoms with Crippen LogP contribution in [0.2, 0.25) is 0 Å². The van der Waals surface area contributed by atoms with E-state index < -0.39 is 72.2 Å². The first kappa shape index (κ1) is 35.4. The van der Waals surface area contributed by atoms with Crippen molar-refractivity contribution in [2.45, 2.75) is 117 Å². The van der Waals surface area contributed by atoms with Crippen molar-refractivity contribution in [1.29, 1.82) is 5.41 Å². The van der Waals surface area contributed by atoms with E-state index in [9.17, 15) is 25.5 Å². The zero-order chi connectivity index (χ0) is 31.2. The molecule has 0 spiro atoms. The highest BCUT2D eigenvalue weighted by molar-refractivity contribution is 5.83. The van der Waals surface area contributed by atoms with Gasteiger partial charge in [-0.3, -0.25) is 5.41 Å². The summed E-state index contributed by atoms with van der Waals surface area (Å²) < 4.78 is 18.0. The predicted octanol–water partition coefficient (Wildman–Crippen LogP) is -5.26. The molecule has 1 saturated carbocycles. The van der Waals surface area contributed by atoms with Gasteiger partial charge in [-0.25, -0.2) is 0 Å². The number of amidine groups is 1. The monoisotopic (exact) mass is 607 g/mol. The number of hydrogen-bond donors (Lipinski definition) is 13. The minimum atomic E-state index is -1.95. The Hall–Kier alpha value is -1.09. The molecule has 0 aromatic heterocycles. The molecule has 2 aliphatic heterocycles. The number of nitrogens with one attached hydrogen (secondary N) is 4. The van der Waals surface area contributed by atoms with Gasteiger partial charge in [0.1, 0.15) is 41.5 Å². The number of ether oxygens (including phenoxy) is 3. The Morgan fingerprint density at radius 1 is 1.21 bits per heavy atom. The molecule has 0 radical (unpaired) electrons. The smallest absolute Gasteiger partial charge is 0.185 e. The lowest BCUT2D eigenvalue weighted by molar-refractivity contribution is -0.306. The van der Waals surface area contributed by atoms with Crippen LogP contribution >= 0.6 is 0 Å². The lowest BCUT2D eigenvalue weighted by Gasteiger charge is -2.53. The second kappa shape index (κ2) is 15.3. The summed E-state index contributed by atoms with van der Waals surface area (Å²) in [5.41, 5.74) is 15.0. The zero-order valence-corrected chi connectivity index (χ0v) is 24.6. The molecule has 16 N–H and O–H groups in total. The average Bonchev–Trinajstić information content (AvgIpc) is 2.93. The Balaban J connectivity index is 1.84. The van der Waals surface area contributed by atoms with Crippen LogP contribution < -0.4 is 33.2 Å². The van der Waals surface area contributed by atoms with Crippen LogP contribution in [-0.2, 0) is 14.2 Å². The largest absolute Gasteiger partial charge is 0.395 e. The lowest BCUT2D eigenvalue weighted by Crippen LogP contribution is -2.73. The van der Waals surface area contributed by atoms with E-state index in [-0.39, 0.29) is 51.0 Å². The minimum absolute atomic E-state index is 0.00931. The quantitative estimate of drug-likeness (QED) is 0.0529.